The largest absolute Gasteiger partial charge is 0.454 e. The summed E-state index contributed by atoms with van der Waals surface area (Å²) in [5.41, 5.74) is 1.50. The first-order valence-electron chi connectivity index (χ1n) is 7.44. The molecule has 0 amide bonds. The van der Waals surface area contributed by atoms with Gasteiger partial charge in [-0.05, 0) is 32.0 Å². The van der Waals surface area contributed by atoms with Gasteiger partial charge in [0.25, 0.3) is 0 Å². The van der Waals surface area contributed by atoms with Crippen LogP contribution in [0.25, 0.3) is 11.4 Å². The summed E-state index contributed by atoms with van der Waals surface area (Å²) in [5.74, 6) is 1.98. The molecule has 25 heavy (non-hydrogen) atoms. The number of fused-ring (bicyclic) bond motifs is 1. The van der Waals surface area contributed by atoms with E-state index < -0.39 is 4.92 Å². The Morgan fingerprint density at radius 2 is 2.08 bits per heavy atom. The van der Waals surface area contributed by atoms with Crippen molar-refractivity contribution in [2.45, 2.75) is 20.4 Å². The van der Waals surface area contributed by atoms with E-state index in [4.69, 9.17) is 14.0 Å². The fourth-order valence-electron chi connectivity index (χ4n) is 2.71. The first-order valence-corrected chi connectivity index (χ1v) is 7.44. The zero-order valence-corrected chi connectivity index (χ0v) is 13.4. The number of hydrogen-bond acceptors (Lipinski definition) is 8. The molecule has 10 heteroatoms. The molecule has 0 unspecified atom stereocenters. The van der Waals surface area contributed by atoms with E-state index >= 15 is 0 Å². The molecule has 0 bridgehead atoms. The van der Waals surface area contributed by atoms with E-state index in [0.29, 0.717) is 34.6 Å². The minimum Gasteiger partial charge on any atom is -0.454 e. The van der Waals surface area contributed by atoms with Crippen LogP contribution in [-0.2, 0) is 6.54 Å². The van der Waals surface area contributed by atoms with Gasteiger partial charge in [-0.3, -0.25) is 14.8 Å². The normalized spacial score (nSPS) is 12.6. The second-order valence-electron chi connectivity index (χ2n) is 5.51. The Kier molecular flexibility index (Phi) is 3.38. The number of nitrogens with zero attached hydrogens (tertiary/aromatic N) is 5. The first kappa shape index (κ1) is 15.1. The number of rotatable bonds is 4. The van der Waals surface area contributed by atoms with Crippen LogP contribution in [-0.4, -0.2) is 31.6 Å². The lowest BCUT2D eigenvalue weighted by Crippen LogP contribution is -2.04. The van der Waals surface area contributed by atoms with Crippen molar-refractivity contribution in [1.29, 1.82) is 0 Å². The maximum Gasteiger partial charge on any atom is 0.312 e. The fraction of sp³-hybridized carbons (Fsp3) is 0.267. The van der Waals surface area contributed by atoms with Crippen molar-refractivity contribution in [3.05, 3.63) is 45.6 Å². The zero-order chi connectivity index (χ0) is 17.6. The highest BCUT2D eigenvalue weighted by atomic mass is 16.7. The van der Waals surface area contributed by atoms with Gasteiger partial charge in [-0.1, -0.05) is 5.16 Å². The summed E-state index contributed by atoms with van der Waals surface area (Å²) in [6, 6.07) is 5.35. The SMILES string of the molecule is Cc1nn(Cc2nc(-c3ccc4c(c3)OCO4)no2)c(C)c1[N+](=O)[O-]. The molecule has 0 atom stereocenters. The van der Waals surface area contributed by atoms with Crippen molar-refractivity contribution in [3.8, 4) is 22.9 Å². The van der Waals surface area contributed by atoms with E-state index in [1.807, 2.05) is 0 Å². The number of ether oxygens (including phenoxy) is 2. The van der Waals surface area contributed by atoms with Gasteiger partial charge in [0.05, 0.1) is 4.92 Å². The van der Waals surface area contributed by atoms with Crippen LogP contribution < -0.4 is 9.47 Å². The third-order valence-electron chi connectivity index (χ3n) is 3.91. The summed E-state index contributed by atoms with van der Waals surface area (Å²) in [4.78, 5) is 14.9. The van der Waals surface area contributed by atoms with Crippen LogP contribution in [0, 0.1) is 24.0 Å². The highest BCUT2D eigenvalue weighted by Crippen LogP contribution is 2.35. The van der Waals surface area contributed by atoms with Gasteiger partial charge >= 0.3 is 5.69 Å². The topological polar surface area (TPSA) is 118 Å². The molecule has 1 aliphatic heterocycles. The molecule has 4 rings (SSSR count). The third kappa shape index (κ3) is 2.57. The quantitative estimate of drug-likeness (QED) is 0.522. The van der Waals surface area contributed by atoms with Crippen LogP contribution in [0.3, 0.4) is 0 Å². The van der Waals surface area contributed by atoms with E-state index in [2.05, 4.69) is 15.2 Å². The molecule has 3 aromatic rings. The molecule has 1 aliphatic rings. The van der Waals surface area contributed by atoms with Gasteiger partial charge in [-0.15, -0.1) is 0 Å². The van der Waals surface area contributed by atoms with E-state index in [1.165, 1.54) is 4.68 Å². The van der Waals surface area contributed by atoms with Gasteiger partial charge in [-0.2, -0.15) is 10.1 Å². The minimum absolute atomic E-state index is 0.00416. The minimum atomic E-state index is -0.444. The smallest absolute Gasteiger partial charge is 0.312 e. The molecular formula is C15H13N5O5. The molecule has 0 fully saturated rings. The number of aryl methyl sites for hydroxylation is 1. The fourth-order valence-corrected chi connectivity index (χ4v) is 2.71. The second kappa shape index (κ2) is 5.58. The summed E-state index contributed by atoms with van der Waals surface area (Å²) in [5, 5.41) is 19.2. The van der Waals surface area contributed by atoms with Crippen LogP contribution in [0.15, 0.2) is 22.7 Å². The molecule has 0 spiro atoms. The molecule has 1 aromatic carbocycles. The maximum atomic E-state index is 11.1. The van der Waals surface area contributed by atoms with E-state index in [9.17, 15) is 10.1 Å². The summed E-state index contributed by atoms with van der Waals surface area (Å²) in [6.07, 6.45) is 0. The van der Waals surface area contributed by atoms with Crippen LogP contribution >= 0.6 is 0 Å². The number of benzene rings is 1. The molecule has 128 valence electrons. The first-order chi connectivity index (χ1) is 12.0. The third-order valence-corrected chi connectivity index (χ3v) is 3.91. The molecule has 3 heterocycles. The molecule has 0 saturated heterocycles. The lowest BCUT2D eigenvalue weighted by atomic mass is 10.2. The summed E-state index contributed by atoms with van der Waals surface area (Å²) >= 11 is 0. The molecule has 0 N–H and O–H groups in total. The monoisotopic (exact) mass is 343 g/mol. The average Bonchev–Trinajstić information content (AvgIpc) is 3.27. The molecule has 2 aromatic heterocycles. The van der Waals surface area contributed by atoms with E-state index in [-0.39, 0.29) is 19.0 Å². The lowest BCUT2D eigenvalue weighted by molar-refractivity contribution is -0.386. The van der Waals surface area contributed by atoms with Gasteiger partial charge in [0.15, 0.2) is 11.5 Å². The predicted molar refractivity (Wildman–Crippen MR) is 83.3 cm³/mol. The average molecular weight is 343 g/mol. The van der Waals surface area contributed by atoms with Crippen molar-refractivity contribution in [1.82, 2.24) is 19.9 Å². The van der Waals surface area contributed by atoms with Crippen molar-refractivity contribution < 1.29 is 18.9 Å². The Morgan fingerprint density at radius 3 is 2.84 bits per heavy atom. The van der Waals surface area contributed by atoms with Crippen LogP contribution in [0.1, 0.15) is 17.3 Å². The molecular weight excluding hydrogens is 330 g/mol. The van der Waals surface area contributed by atoms with Gasteiger partial charge in [0, 0.05) is 5.56 Å². The highest BCUT2D eigenvalue weighted by molar-refractivity contribution is 5.61. The molecule has 0 radical (unpaired) electrons. The molecule has 10 nitrogen and oxygen atoms in total. The Labute approximate surface area is 141 Å². The Morgan fingerprint density at radius 1 is 1.28 bits per heavy atom. The Balaban J connectivity index is 1.60. The van der Waals surface area contributed by atoms with Crippen molar-refractivity contribution in [2.24, 2.45) is 0 Å². The van der Waals surface area contributed by atoms with Crippen LogP contribution in [0.5, 0.6) is 11.5 Å². The van der Waals surface area contributed by atoms with E-state index in [0.717, 1.165) is 5.56 Å². The van der Waals surface area contributed by atoms with E-state index in [1.54, 1.807) is 32.0 Å². The summed E-state index contributed by atoms with van der Waals surface area (Å²) in [6.45, 7) is 3.56. The summed E-state index contributed by atoms with van der Waals surface area (Å²) in [7, 11) is 0. The Bertz CT molecular complexity index is 977. The molecule has 0 aliphatic carbocycles. The van der Waals surface area contributed by atoms with Gasteiger partial charge in [0.2, 0.25) is 18.5 Å². The Hall–Kier alpha value is -3.43. The highest BCUT2D eigenvalue weighted by Gasteiger charge is 2.23. The van der Waals surface area contributed by atoms with Gasteiger partial charge in [0.1, 0.15) is 17.9 Å². The standard InChI is InChI=1S/C15H13N5O5/c1-8-14(20(21)22)9(2)19(17-8)6-13-16-15(18-25-13)10-3-4-11-12(5-10)24-7-23-11/h3-5H,6-7H2,1-2H3. The second-order valence-corrected chi connectivity index (χ2v) is 5.51. The number of hydrogen-bond donors (Lipinski definition) is 0. The maximum absolute atomic E-state index is 11.1. The number of aromatic nitrogens is 4. The lowest BCUT2D eigenvalue weighted by Gasteiger charge is -1.98. The summed E-state index contributed by atoms with van der Waals surface area (Å²) < 4.78 is 17.3. The van der Waals surface area contributed by atoms with Crippen molar-refractivity contribution >= 4 is 5.69 Å². The van der Waals surface area contributed by atoms with Gasteiger partial charge in [-0.25, -0.2) is 0 Å². The van der Waals surface area contributed by atoms with Crippen molar-refractivity contribution in [2.75, 3.05) is 6.79 Å². The molecule has 0 saturated carbocycles. The van der Waals surface area contributed by atoms with Crippen LogP contribution in [0.2, 0.25) is 0 Å². The van der Waals surface area contributed by atoms with Crippen molar-refractivity contribution in [3.63, 3.8) is 0 Å². The number of nitro groups is 1. The predicted octanol–water partition coefficient (Wildman–Crippen LogP) is 2.24. The zero-order valence-electron chi connectivity index (χ0n) is 13.4. The van der Waals surface area contributed by atoms with Gasteiger partial charge < -0.3 is 14.0 Å². The van der Waals surface area contributed by atoms with Crippen LogP contribution in [0.4, 0.5) is 5.69 Å².